The fourth-order valence-corrected chi connectivity index (χ4v) is 2.72. The first-order valence-electron chi connectivity index (χ1n) is 7.82. The van der Waals surface area contributed by atoms with Crippen molar-refractivity contribution < 1.29 is 18.4 Å². The Morgan fingerprint density at radius 1 is 1.16 bits per heavy atom. The van der Waals surface area contributed by atoms with Gasteiger partial charge >= 0.3 is 6.03 Å². The lowest BCUT2D eigenvalue weighted by molar-refractivity contribution is -0.117. The van der Waals surface area contributed by atoms with E-state index >= 15 is 0 Å². The van der Waals surface area contributed by atoms with Crippen molar-refractivity contribution in [1.29, 1.82) is 0 Å². The zero-order valence-electron chi connectivity index (χ0n) is 13.6. The lowest BCUT2D eigenvalue weighted by Crippen LogP contribution is -2.39. The summed E-state index contributed by atoms with van der Waals surface area (Å²) in [5.74, 6) is -1.50. The predicted octanol–water partition coefficient (Wildman–Crippen LogP) is 3.20. The first-order chi connectivity index (χ1) is 11.9. The number of halogens is 2. The van der Waals surface area contributed by atoms with Gasteiger partial charge in [-0.05, 0) is 31.2 Å². The molecule has 2 aromatic carbocycles. The van der Waals surface area contributed by atoms with Crippen molar-refractivity contribution in [2.45, 2.75) is 19.4 Å². The summed E-state index contributed by atoms with van der Waals surface area (Å²) in [6, 6.07) is 9.20. The molecule has 0 radical (unpaired) electrons. The van der Waals surface area contributed by atoms with Crippen LogP contribution in [0.3, 0.4) is 0 Å². The molecule has 5 nitrogen and oxygen atoms in total. The molecule has 1 aliphatic heterocycles. The molecule has 3 rings (SSSR count). The number of nitrogens with zero attached hydrogens (tertiary/aromatic N) is 1. The van der Waals surface area contributed by atoms with E-state index in [1.54, 1.807) is 4.90 Å². The quantitative estimate of drug-likeness (QED) is 0.897. The van der Waals surface area contributed by atoms with Crippen LogP contribution in [0.4, 0.5) is 25.0 Å². The normalized spacial score (nSPS) is 16.8. The van der Waals surface area contributed by atoms with Crippen molar-refractivity contribution in [3.63, 3.8) is 0 Å². The van der Waals surface area contributed by atoms with E-state index in [9.17, 15) is 18.4 Å². The summed E-state index contributed by atoms with van der Waals surface area (Å²) >= 11 is 0. The summed E-state index contributed by atoms with van der Waals surface area (Å²) in [7, 11) is 0. The number of aryl methyl sites for hydroxylation is 1. The SMILES string of the molecule is Cc1ccc(N2C[C@H](NC(=O)Nc3cc(F)ccc3F)CC2=O)cc1. The van der Waals surface area contributed by atoms with Crippen LogP contribution in [0.15, 0.2) is 42.5 Å². The number of hydrogen-bond donors (Lipinski definition) is 2. The third kappa shape index (κ3) is 3.93. The standard InChI is InChI=1S/C18H17F2N3O2/c1-11-2-5-14(6-3-11)23-10-13(9-17(23)24)21-18(25)22-16-8-12(19)4-7-15(16)20/h2-8,13H,9-10H2,1H3,(H2,21,22,25)/t13-/m1/s1. The second-order valence-corrected chi connectivity index (χ2v) is 5.96. The summed E-state index contributed by atoms with van der Waals surface area (Å²) < 4.78 is 26.7. The molecule has 25 heavy (non-hydrogen) atoms. The highest BCUT2D eigenvalue weighted by Gasteiger charge is 2.31. The number of amides is 3. The van der Waals surface area contributed by atoms with Crippen molar-refractivity contribution in [2.75, 3.05) is 16.8 Å². The van der Waals surface area contributed by atoms with Gasteiger partial charge in [-0.25, -0.2) is 13.6 Å². The molecule has 7 heteroatoms. The minimum absolute atomic E-state index is 0.105. The molecule has 1 aliphatic rings. The highest BCUT2D eigenvalue weighted by Crippen LogP contribution is 2.22. The Morgan fingerprint density at radius 3 is 2.60 bits per heavy atom. The zero-order chi connectivity index (χ0) is 18.0. The van der Waals surface area contributed by atoms with Gasteiger partial charge in [0.2, 0.25) is 5.91 Å². The number of anilines is 2. The number of urea groups is 1. The molecule has 0 spiro atoms. The molecule has 0 aliphatic carbocycles. The number of benzene rings is 2. The van der Waals surface area contributed by atoms with E-state index in [1.165, 1.54) is 0 Å². The fourth-order valence-electron chi connectivity index (χ4n) is 2.72. The van der Waals surface area contributed by atoms with Gasteiger partial charge < -0.3 is 15.5 Å². The average Bonchev–Trinajstić information content (AvgIpc) is 2.92. The second-order valence-electron chi connectivity index (χ2n) is 5.96. The van der Waals surface area contributed by atoms with Crippen molar-refractivity contribution in [1.82, 2.24) is 5.32 Å². The third-order valence-electron chi connectivity index (χ3n) is 3.98. The summed E-state index contributed by atoms with van der Waals surface area (Å²) in [6.07, 6.45) is 0.146. The number of hydrogen-bond acceptors (Lipinski definition) is 2. The van der Waals surface area contributed by atoms with Gasteiger partial charge in [0.1, 0.15) is 11.6 Å². The van der Waals surface area contributed by atoms with Crippen LogP contribution in [0.25, 0.3) is 0 Å². The Hall–Kier alpha value is -2.96. The Morgan fingerprint density at radius 2 is 1.88 bits per heavy atom. The Bertz CT molecular complexity index is 808. The van der Waals surface area contributed by atoms with Crippen LogP contribution in [0.5, 0.6) is 0 Å². The molecule has 0 unspecified atom stereocenters. The van der Waals surface area contributed by atoms with Crippen LogP contribution in [0, 0.1) is 18.6 Å². The molecule has 2 aromatic rings. The lowest BCUT2D eigenvalue weighted by atomic mass is 10.2. The topological polar surface area (TPSA) is 61.4 Å². The van der Waals surface area contributed by atoms with Crippen LogP contribution in [0.2, 0.25) is 0 Å². The van der Waals surface area contributed by atoms with Crippen LogP contribution in [-0.4, -0.2) is 24.5 Å². The van der Waals surface area contributed by atoms with Crippen molar-refractivity contribution >= 4 is 23.3 Å². The van der Waals surface area contributed by atoms with Crippen molar-refractivity contribution in [3.05, 3.63) is 59.7 Å². The molecule has 1 saturated heterocycles. The number of nitrogens with one attached hydrogen (secondary N) is 2. The molecule has 1 fully saturated rings. The molecule has 0 saturated carbocycles. The van der Waals surface area contributed by atoms with E-state index in [0.717, 1.165) is 29.4 Å². The smallest absolute Gasteiger partial charge is 0.319 e. The Balaban J connectivity index is 1.62. The molecule has 2 N–H and O–H groups in total. The number of carbonyl (C=O) groups is 2. The van der Waals surface area contributed by atoms with E-state index in [0.29, 0.717) is 6.54 Å². The second kappa shape index (κ2) is 6.88. The maximum atomic E-state index is 13.6. The van der Waals surface area contributed by atoms with Crippen molar-refractivity contribution in [2.24, 2.45) is 0 Å². The number of rotatable bonds is 3. The monoisotopic (exact) mass is 345 g/mol. The van der Waals surface area contributed by atoms with E-state index in [2.05, 4.69) is 10.6 Å². The lowest BCUT2D eigenvalue weighted by Gasteiger charge is -2.17. The van der Waals surface area contributed by atoms with Crippen LogP contribution in [-0.2, 0) is 4.79 Å². The van der Waals surface area contributed by atoms with E-state index in [1.807, 2.05) is 31.2 Å². The van der Waals surface area contributed by atoms with Crippen LogP contribution in [0.1, 0.15) is 12.0 Å². The Labute approximate surface area is 143 Å². The predicted molar refractivity (Wildman–Crippen MR) is 90.4 cm³/mol. The fraction of sp³-hybridized carbons (Fsp3) is 0.222. The van der Waals surface area contributed by atoms with Crippen LogP contribution < -0.4 is 15.5 Å². The summed E-state index contributed by atoms with van der Waals surface area (Å²) in [6.45, 7) is 2.27. The molecular weight excluding hydrogens is 328 g/mol. The Kier molecular flexibility index (Phi) is 4.65. The summed E-state index contributed by atoms with van der Waals surface area (Å²) in [5.41, 5.74) is 1.59. The summed E-state index contributed by atoms with van der Waals surface area (Å²) in [5, 5.41) is 4.87. The molecular formula is C18H17F2N3O2. The van der Waals surface area contributed by atoms with Gasteiger partial charge in [-0.3, -0.25) is 4.79 Å². The maximum absolute atomic E-state index is 13.6. The molecule has 1 heterocycles. The van der Waals surface area contributed by atoms with E-state index in [-0.39, 0.29) is 18.0 Å². The third-order valence-corrected chi connectivity index (χ3v) is 3.98. The zero-order valence-corrected chi connectivity index (χ0v) is 13.6. The first-order valence-corrected chi connectivity index (χ1v) is 7.82. The van der Waals surface area contributed by atoms with Gasteiger partial charge in [-0.1, -0.05) is 17.7 Å². The number of carbonyl (C=O) groups excluding carboxylic acids is 2. The molecule has 0 aromatic heterocycles. The van der Waals surface area contributed by atoms with Gasteiger partial charge in [0.05, 0.1) is 11.7 Å². The van der Waals surface area contributed by atoms with Gasteiger partial charge in [-0.2, -0.15) is 0 Å². The largest absolute Gasteiger partial charge is 0.333 e. The minimum Gasteiger partial charge on any atom is -0.333 e. The molecule has 1 atom stereocenters. The van der Waals surface area contributed by atoms with Gasteiger partial charge in [0.25, 0.3) is 0 Å². The summed E-state index contributed by atoms with van der Waals surface area (Å²) in [4.78, 5) is 25.7. The van der Waals surface area contributed by atoms with Gasteiger partial charge in [0, 0.05) is 24.7 Å². The maximum Gasteiger partial charge on any atom is 0.319 e. The molecule has 130 valence electrons. The van der Waals surface area contributed by atoms with Crippen molar-refractivity contribution in [3.8, 4) is 0 Å². The minimum atomic E-state index is -0.736. The van der Waals surface area contributed by atoms with E-state index < -0.39 is 23.7 Å². The van der Waals surface area contributed by atoms with Crippen LogP contribution >= 0.6 is 0 Å². The highest BCUT2D eigenvalue weighted by molar-refractivity contribution is 5.97. The molecule has 3 amide bonds. The first kappa shape index (κ1) is 16.9. The van der Waals surface area contributed by atoms with E-state index in [4.69, 9.17) is 0 Å². The highest BCUT2D eigenvalue weighted by atomic mass is 19.1. The molecule has 0 bridgehead atoms. The average molecular weight is 345 g/mol. The van der Waals surface area contributed by atoms with Gasteiger partial charge in [0.15, 0.2) is 0 Å². The van der Waals surface area contributed by atoms with Gasteiger partial charge in [-0.15, -0.1) is 0 Å².